The van der Waals surface area contributed by atoms with Crippen LogP contribution in [0.2, 0.25) is 0 Å². The maximum Gasteiger partial charge on any atom is 0.490 e. The summed E-state index contributed by atoms with van der Waals surface area (Å²) in [4.78, 5) is 39.2. The average molecular weight is 578 g/mol. The number of carbonyl (C=O) groups is 2. The molecule has 0 saturated heterocycles. The predicted molar refractivity (Wildman–Crippen MR) is 135 cm³/mol. The van der Waals surface area contributed by atoms with E-state index in [1.165, 1.54) is 40.7 Å². The Kier molecular flexibility index (Phi) is 10.1. The number of carbonyl (C=O) groups excluding carboxylic acids is 1. The molecule has 2 aromatic rings. The Morgan fingerprint density at radius 2 is 1.74 bits per heavy atom. The number of anilines is 1. The molecule has 1 unspecified atom stereocenters. The molecule has 2 heterocycles. The van der Waals surface area contributed by atoms with Gasteiger partial charge >= 0.3 is 12.1 Å². The highest BCUT2D eigenvalue weighted by Gasteiger charge is 2.38. The average Bonchev–Trinajstić information content (AvgIpc) is 3.58. The van der Waals surface area contributed by atoms with Crippen LogP contribution in [0.5, 0.6) is 0 Å². The van der Waals surface area contributed by atoms with Crippen molar-refractivity contribution in [1.29, 1.82) is 0 Å². The van der Waals surface area contributed by atoms with Gasteiger partial charge in [-0.1, -0.05) is 44.9 Å². The molecule has 4 rings (SSSR count). The summed E-state index contributed by atoms with van der Waals surface area (Å²) in [6.07, 6.45) is 7.25. The Bertz CT molecular complexity index is 1250. The van der Waals surface area contributed by atoms with Crippen LogP contribution in [0, 0.1) is 5.92 Å². The molecule has 2 aromatic heterocycles. The van der Waals surface area contributed by atoms with Crippen molar-refractivity contribution in [1.82, 2.24) is 9.55 Å². The monoisotopic (exact) mass is 577 g/mol. The first-order chi connectivity index (χ1) is 17.9. The number of hydrogen-bond donors (Lipinski definition) is 2. The maximum absolute atomic E-state index is 13.1. The number of hydrogen-bond acceptors (Lipinski definition) is 7. The molecular weight excluding hydrogens is 547 g/mol. The van der Waals surface area contributed by atoms with Gasteiger partial charge in [-0.3, -0.25) is 9.59 Å². The highest BCUT2D eigenvalue weighted by Crippen LogP contribution is 2.32. The van der Waals surface area contributed by atoms with Crippen molar-refractivity contribution in [2.75, 3.05) is 5.32 Å². The van der Waals surface area contributed by atoms with Gasteiger partial charge in [0.2, 0.25) is 5.91 Å². The molecule has 0 bridgehead atoms. The minimum atomic E-state index is -5.08. The molecule has 1 atom stereocenters. The molecule has 2 fully saturated rings. The molecule has 1 amide bonds. The Hall–Kier alpha value is -2.74. The summed E-state index contributed by atoms with van der Waals surface area (Å²) in [6.45, 7) is 0. The zero-order chi connectivity index (χ0) is 27.9. The predicted octanol–water partition coefficient (Wildman–Crippen LogP) is 4.80. The lowest BCUT2D eigenvalue weighted by atomic mass is 9.84. The molecule has 210 valence electrons. The van der Waals surface area contributed by atoms with E-state index in [2.05, 4.69) is 10.3 Å². The number of amides is 1. The molecule has 2 aliphatic carbocycles. The van der Waals surface area contributed by atoms with Crippen LogP contribution < -0.4 is 10.9 Å². The molecule has 14 heteroatoms. The molecule has 0 aromatic carbocycles. The Morgan fingerprint density at radius 1 is 1.13 bits per heavy atom. The fourth-order valence-corrected chi connectivity index (χ4v) is 7.24. The summed E-state index contributed by atoms with van der Waals surface area (Å²) in [5, 5.41) is 11.8. The summed E-state index contributed by atoms with van der Waals surface area (Å²) in [5.74, 6) is -2.67. The van der Waals surface area contributed by atoms with E-state index < -0.39 is 38.8 Å². The summed E-state index contributed by atoms with van der Waals surface area (Å²) in [5.41, 5.74) is -0.450. The highest BCUT2D eigenvalue weighted by atomic mass is 32.2. The number of aromatic nitrogens is 2. The van der Waals surface area contributed by atoms with E-state index in [-0.39, 0.29) is 10.8 Å². The normalized spacial score (nSPS) is 17.9. The third kappa shape index (κ3) is 7.88. The van der Waals surface area contributed by atoms with Crippen molar-refractivity contribution >= 4 is 38.2 Å². The van der Waals surface area contributed by atoms with E-state index in [0.717, 1.165) is 38.5 Å². The van der Waals surface area contributed by atoms with Gasteiger partial charge in [-0.25, -0.2) is 18.2 Å². The quantitative estimate of drug-likeness (QED) is 0.482. The fourth-order valence-electron chi connectivity index (χ4n) is 4.86. The Labute approximate surface area is 222 Å². The van der Waals surface area contributed by atoms with Crippen LogP contribution in [0.3, 0.4) is 0 Å². The molecule has 0 spiro atoms. The van der Waals surface area contributed by atoms with Crippen LogP contribution in [0.15, 0.2) is 39.6 Å². The third-order valence-corrected chi connectivity index (χ3v) is 9.76. The van der Waals surface area contributed by atoms with Crippen molar-refractivity contribution in [3.63, 3.8) is 0 Å². The van der Waals surface area contributed by atoms with E-state index in [4.69, 9.17) is 9.90 Å². The number of thiazole rings is 1. The van der Waals surface area contributed by atoms with Crippen LogP contribution in [0.4, 0.5) is 18.3 Å². The Morgan fingerprint density at radius 3 is 2.26 bits per heavy atom. The summed E-state index contributed by atoms with van der Waals surface area (Å²) < 4.78 is 58.9. The van der Waals surface area contributed by atoms with Gasteiger partial charge in [-0.2, -0.15) is 13.2 Å². The molecule has 2 aliphatic rings. The van der Waals surface area contributed by atoms with E-state index in [9.17, 15) is 31.2 Å². The lowest BCUT2D eigenvalue weighted by Gasteiger charge is -2.27. The van der Waals surface area contributed by atoms with Gasteiger partial charge in [0, 0.05) is 23.8 Å². The van der Waals surface area contributed by atoms with E-state index in [1.807, 2.05) is 0 Å². The number of aliphatic carboxylic acids is 1. The maximum atomic E-state index is 13.1. The highest BCUT2D eigenvalue weighted by molar-refractivity contribution is 7.92. The zero-order valence-electron chi connectivity index (χ0n) is 20.5. The molecule has 38 heavy (non-hydrogen) atoms. The first kappa shape index (κ1) is 29.8. The number of sulfone groups is 1. The second-order valence-electron chi connectivity index (χ2n) is 9.44. The number of nitrogens with zero attached hydrogens (tertiary/aromatic N) is 2. The van der Waals surface area contributed by atoms with Crippen molar-refractivity contribution < 1.29 is 36.3 Å². The lowest BCUT2D eigenvalue weighted by Crippen LogP contribution is -2.35. The van der Waals surface area contributed by atoms with Gasteiger partial charge in [0.25, 0.3) is 5.56 Å². The third-order valence-electron chi connectivity index (χ3n) is 6.81. The summed E-state index contributed by atoms with van der Waals surface area (Å²) >= 11 is 1.32. The zero-order valence-corrected chi connectivity index (χ0v) is 22.2. The van der Waals surface area contributed by atoms with Crippen LogP contribution in [0.1, 0.15) is 70.3 Å². The van der Waals surface area contributed by atoms with Gasteiger partial charge in [-0.05, 0) is 31.2 Å². The number of halogens is 3. The number of carboxylic acid groups (broad SMARTS) is 1. The standard InChI is InChI=1S/C22H29N3O4S2.C2HF3O2/c26-20-15-18(31(28,29)17-8-4-5-9-17)10-12-25(20)19(14-16-6-2-1-3-7-16)21(27)24-22-23-11-13-30-22;3-2(4,5)1(6)7/h10-13,15-17,19H,1-9,14H2,(H,23,24,27);(H,6,7). The van der Waals surface area contributed by atoms with Gasteiger partial charge in [0.1, 0.15) is 6.04 Å². The fraction of sp³-hybridized carbons (Fsp3) is 0.583. The van der Waals surface area contributed by atoms with Gasteiger partial charge in [-0.15, -0.1) is 11.3 Å². The van der Waals surface area contributed by atoms with Crippen molar-refractivity contribution in [3.05, 3.63) is 40.3 Å². The molecule has 2 N–H and O–H groups in total. The number of rotatable bonds is 7. The smallest absolute Gasteiger partial charge is 0.475 e. The first-order valence-corrected chi connectivity index (χ1v) is 14.8. The minimum Gasteiger partial charge on any atom is -0.475 e. The van der Waals surface area contributed by atoms with Crippen molar-refractivity contribution in [2.45, 2.75) is 86.6 Å². The van der Waals surface area contributed by atoms with Gasteiger partial charge < -0.3 is 15.0 Å². The molecule has 0 aliphatic heterocycles. The second kappa shape index (κ2) is 12.9. The van der Waals surface area contributed by atoms with Gasteiger partial charge in [0.05, 0.1) is 10.1 Å². The van der Waals surface area contributed by atoms with E-state index in [0.29, 0.717) is 30.3 Å². The summed E-state index contributed by atoms with van der Waals surface area (Å²) in [6, 6.07) is 1.99. The van der Waals surface area contributed by atoms with Crippen LogP contribution in [-0.2, 0) is 19.4 Å². The topological polar surface area (TPSA) is 135 Å². The first-order valence-electron chi connectivity index (χ1n) is 12.4. The van der Waals surface area contributed by atoms with Gasteiger partial charge in [0.15, 0.2) is 15.0 Å². The largest absolute Gasteiger partial charge is 0.490 e. The molecule has 9 nitrogen and oxygen atoms in total. The number of pyridine rings is 1. The molecular formula is C24H30F3N3O6S2. The van der Waals surface area contributed by atoms with Crippen molar-refractivity contribution in [2.24, 2.45) is 5.92 Å². The number of alkyl halides is 3. The van der Waals surface area contributed by atoms with Crippen LogP contribution in [-0.4, -0.2) is 46.4 Å². The van der Waals surface area contributed by atoms with Crippen LogP contribution in [0.25, 0.3) is 0 Å². The second-order valence-corrected chi connectivity index (χ2v) is 12.6. The minimum absolute atomic E-state index is 0.0670. The lowest BCUT2D eigenvalue weighted by molar-refractivity contribution is -0.192. The molecule has 2 saturated carbocycles. The molecule has 0 radical (unpaired) electrons. The number of nitrogens with one attached hydrogen (secondary N) is 1. The Balaban J connectivity index is 0.000000505. The SMILES string of the molecule is O=C(Nc1nccs1)C(CC1CCCCC1)n1ccc(S(=O)(=O)C2CCCC2)cc1=O.O=C(O)C(F)(F)F. The van der Waals surface area contributed by atoms with E-state index >= 15 is 0 Å². The summed E-state index contributed by atoms with van der Waals surface area (Å²) in [7, 11) is -3.51. The van der Waals surface area contributed by atoms with Crippen molar-refractivity contribution in [3.8, 4) is 0 Å². The van der Waals surface area contributed by atoms with E-state index in [1.54, 1.807) is 11.6 Å². The van der Waals surface area contributed by atoms with Crippen LogP contribution >= 0.6 is 11.3 Å². The number of carboxylic acids is 1.